The number of alkyl halides is 1. The average Bonchev–Trinajstić information content (AvgIpc) is 2.61. The molecule has 1 aromatic rings. The number of rotatable bonds is 5. The zero-order valence-corrected chi connectivity index (χ0v) is 10.5. The highest BCUT2D eigenvalue weighted by Crippen LogP contribution is 2.15. The number of esters is 1. The van der Waals surface area contributed by atoms with Gasteiger partial charge in [0.2, 0.25) is 5.91 Å². The topological polar surface area (TPSA) is 73.2 Å². The minimum absolute atomic E-state index is 0.176. The summed E-state index contributed by atoms with van der Waals surface area (Å²) in [6.07, 6.45) is 1.53. The number of amides is 1. The first kappa shape index (κ1) is 13.5. The maximum absolute atomic E-state index is 11.6. The molecule has 0 aliphatic rings. The lowest BCUT2D eigenvalue weighted by atomic mass is 10.3. The van der Waals surface area contributed by atoms with Crippen molar-refractivity contribution in [2.75, 3.05) is 17.8 Å². The Bertz CT molecular complexity index is 417. The summed E-state index contributed by atoms with van der Waals surface area (Å²) in [4.78, 5) is 23.0. The summed E-state index contributed by atoms with van der Waals surface area (Å²) in [6.45, 7) is 1.98. The van der Waals surface area contributed by atoms with E-state index in [4.69, 9.17) is 16.3 Å². The molecule has 0 spiro atoms. The molecule has 7 heteroatoms. The number of aromatic nitrogens is 2. The van der Waals surface area contributed by atoms with E-state index in [1.807, 2.05) is 0 Å². The highest BCUT2D eigenvalue weighted by molar-refractivity contribution is 6.19. The van der Waals surface area contributed by atoms with Gasteiger partial charge in [0.15, 0.2) is 0 Å². The molecule has 0 fully saturated rings. The second-order valence-corrected chi connectivity index (χ2v) is 3.62. The van der Waals surface area contributed by atoms with Gasteiger partial charge < -0.3 is 10.1 Å². The lowest BCUT2D eigenvalue weighted by Gasteiger charge is -2.07. The van der Waals surface area contributed by atoms with Gasteiger partial charge in [-0.2, -0.15) is 5.10 Å². The van der Waals surface area contributed by atoms with Gasteiger partial charge in [0.05, 0.1) is 12.8 Å². The van der Waals surface area contributed by atoms with Gasteiger partial charge in [0.25, 0.3) is 0 Å². The lowest BCUT2D eigenvalue weighted by molar-refractivity contribution is -0.115. The van der Waals surface area contributed by atoms with Crippen molar-refractivity contribution < 1.29 is 14.3 Å². The summed E-state index contributed by atoms with van der Waals surface area (Å²) < 4.78 is 6.26. The van der Waals surface area contributed by atoms with Gasteiger partial charge in [0, 0.05) is 19.3 Å². The van der Waals surface area contributed by atoms with Gasteiger partial charge >= 0.3 is 5.97 Å². The summed E-state index contributed by atoms with van der Waals surface area (Å²) in [5, 5.41) is 6.48. The molecule has 17 heavy (non-hydrogen) atoms. The monoisotopic (exact) mass is 259 g/mol. The van der Waals surface area contributed by atoms with Gasteiger partial charge in [-0.25, -0.2) is 4.79 Å². The van der Waals surface area contributed by atoms with Crippen molar-refractivity contribution in [2.24, 2.45) is 7.05 Å². The van der Waals surface area contributed by atoms with Crippen LogP contribution < -0.4 is 5.32 Å². The summed E-state index contributed by atoms with van der Waals surface area (Å²) in [7, 11) is 1.62. The molecule has 1 aromatic heterocycles. The van der Waals surface area contributed by atoms with Gasteiger partial charge in [-0.3, -0.25) is 9.48 Å². The second-order valence-electron chi connectivity index (χ2n) is 3.24. The zero-order chi connectivity index (χ0) is 12.8. The van der Waals surface area contributed by atoms with Crippen molar-refractivity contribution in [1.82, 2.24) is 9.78 Å². The fourth-order valence-corrected chi connectivity index (χ4v) is 1.40. The Labute approximate surface area is 104 Å². The maximum Gasteiger partial charge on any atom is 0.343 e. The quantitative estimate of drug-likeness (QED) is 0.636. The summed E-state index contributed by atoms with van der Waals surface area (Å²) in [5.74, 6) is -0.243. The summed E-state index contributed by atoms with van der Waals surface area (Å²) in [5.41, 5.74) is 0.234. The number of halogens is 1. The smallest absolute Gasteiger partial charge is 0.343 e. The first-order valence-electron chi connectivity index (χ1n) is 5.15. The molecular weight excluding hydrogens is 246 g/mol. The molecule has 0 aliphatic carbocycles. The van der Waals surface area contributed by atoms with E-state index in [0.717, 1.165) is 0 Å². The molecular formula is C10H14ClN3O3. The predicted octanol–water partition coefficient (Wildman–Crippen LogP) is 1.16. The molecule has 94 valence electrons. The van der Waals surface area contributed by atoms with Gasteiger partial charge in [0.1, 0.15) is 11.4 Å². The molecule has 0 saturated heterocycles. The number of anilines is 1. The van der Waals surface area contributed by atoms with Gasteiger partial charge in [-0.1, -0.05) is 0 Å². The number of nitrogens with zero attached hydrogens (tertiary/aromatic N) is 2. The largest absolute Gasteiger partial charge is 0.462 e. The van der Waals surface area contributed by atoms with Crippen LogP contribution >= 0.6 is 11.6 Å². The highest BCUT2D eigenvalue weighted by atomic mass is 35.5. The zero-order valence-electron chi connectivity index (χ0n) is 9.70. The number of hydrogen-bond acceptors (Lipinski definition) is 4. The molecule has 1 amide bonds. The van der Waals surface area contributed by atoms with E-state index in [2.05, 4.69) is 10.4 Å². The molecule has 1 heterocycles. The van der Waals surface area contributed by atoms with E-state index in [1.54, 1.807) is 14.0 Å². The molecule has 0 saturated carbocycles. The molecule has 0 unspecified atom stereocenters. The normalized spacial score (nSPS) is 10.1. The Kier molecular flexibility index (Phi) is 4.96. The Morgan fingerprint density at radius 2 is 2.29 bits per heavy atom. The van der Waals surface area contributed by atoms with Crippen molar-refractivity contribution in [2.45, 2.75) is 13.3 Å². The first-order chi connectivity index (χ1) is 8.10. The molecule has 0 aliphatic heterocycles. The predicted molar refractivity (Wildman–Crippen MR) is 63.1 cm³/mol. The molecule has 0 aromatic carbocycles. The van der Waals surface area contributed by atoms with Crippen LogP contribution in [0.3, 0.4) is 0 Å². The van der Waals surface area contributed by atoms with Crippen LogP contribution in [-0.2, 0) is 16.6 Å². The SMILES string of the molecule is CCOC(=O)c1cnn(C)c1NC(=O)CCCl. The van der Waals surface area contributed by atoms with Crippen LogP contribution in [0.25, 0.3) is 0 Å². The number of carbonyl (C=O) groups is 2. The van der Waals surface area contributed by atoms with Crippen molar-refractivity contribution in [3.63, 3.8) is 0 Å². The van der Waals surface area contributed by atoms with Crippen LogP contribution in [0.5, 0.6) is 0 Å². The molecule has 1 rings (SSSR count). The van der Waals surface area contributed by atoms with Crippen LogP contribution in [0.4, 0.5) is 5.82 Å². The third kappa shape index (κ3) is 3.45. The van der Waals surface area contributed by atoms with E-state index in [1.165, 1.54) is 10.9 Å². The Morgan fingerprint density at radius 3 is 2.88 bits per heavy atom. The van der Waals surface area contributed by atoms with E-state index < -0.39 is 5.97 Å². The van der Waals surface area contributed by atoms with Crippen LogP contribution in [0.2, 0.25) is 0 Å². The Balaban J connectivity index is 2.86. The van der Waals surface area contributed by atoms with Crippen LogP contribution in [-0.4, -0.2) is 34.1 Å². The van der Waals surface area contributed by atoms with Crippen molar-refractivity contribution >= 4 is 29.3 Å². The minimum Gasteiger partial charge on any atom is -0.462 e. The van der Waals surface area contributed by atoms with E-state index >= 15 is 0 Å². The summed E-state index contributed by atoms with van der Waals surface area (Å²) in [6, 6.07) is 0. The third-order valence-electron chi connectivity index (χ3n) is 2.01. The second kappa shape index (κ2) is 6.24. The Morgan fingerprint density at radius 1 is 1.59 bits per heavy atom. The molecule has 6 nitrogen and oxygen atoms in total. The number of aryl methyl sites for hydroxylation is 1. The average molecular weight is 260 g/mol. The molecule has 0 atom stereocenters. The van der Waals surface area contributed by atoms with Crippen molar-refractivity contribution in [3.8, 4) is 0 Å². The van der Waals surface area contributed by atoms with Crippen LogP contribution in [0.1, 0.15) is 23.7 Å². The van der Waals surface area contributed by atoms with Crippen LogP contribution in [0.15, 0.2) is 6.20 Å². The van der Waals surface area contributed by atoms with Crippen molar-refractivity contribution in [3.05, 3.63) is 11.8 Å². The number of hydrogen-bond donors (Lipinski definition) is 1. The standard InChI is InChI=1S/C10H14ClN3O3/c1-3-17-10(16)7-6-12-14(2)9(7)13-8(15)4-5-11/h6H,3-5H2,1-2H3,(H,13,15). The number of ether oxygens (including phenoxy) is 1. The molecule has 1 N–H and O–H groups in total. The van der Waals surface area contributed by atoms with E-state index in [9.17, 15) is 9.59 Å². The maximum atomic E-state index is 11.6. The third-order valence-corrected chi connectivity index (χ3v) is 2.20. The Hall–Kier alpha value is -1.56. The fourth-order valence-electron chi connectivity index (χ4n) is 1.22. The van der Waals surface area contributed by atoms with Gasteiger partial charge in [-0.05, 0) is 6.92 Å². The van der Waals surface area contributed by atoms with E-state index in [-0.39, 0.29) is 30.4 Å². The first-order valence-corrected chi connectivity index (χ1v) is 5.68. The fraction of sp³-hybridized carbons (Fsp3) is 0.500. The van der Waals surface area contributed by atoms with E-state index in [0.29, 0.717) is 5.82 Å². The molecule has 0 bridgehead atoms. The lowest BCUT2D eigenvalue weighted by Crippen LogP contribution is -2.17. The minimum atomic E-state index is -0.512. The van der Waals surface area contributed by atoms with Crippen molar-refractivity contribution in [1.29, 1.82) is 0 Å². The van der Waals surface area contributed by atoms with Gasteiger partial charge in [-0.15, -0.1) is 11.6 Å². The number of carbonyl (C=O) groups excluding carboxylic acids is 2. The van der Waals surface area contributed by atoms with Crippen LogP contribution in [0, 0.1) is 0 Å². The number of nitrogens with one attached hydrogen (secondary N) is 1. The molecule has 0 radical (unpaired) electrons. The summed E-state index contributed by atoms with van der Waals surface area (Å²) >= 11 is 5.45. The highest BCUT2D eigenvalue weighted by Gasteiger charge is 2.18.